The van der Waals surface area contributed by atoms with Crippen LogP contribution in [0.1, 0.15) is 31.9 Å². The second-order valence-electron chi connectivity index (χ2n) is 6.74. The second kappa shape index (κ2) is 8.33. The van der Waals surface area contributed by atoms with E-state index in [0.29, 0.717) is 23.0 Å². The first-order chi connectivity index (χ1) is 11.4. The Balaban J connectivity index is 2.61. The van der Waals surface area contributed by atoms with Crippen molar-refractivity contribution in [2.45, 2.75) is 44.7 Å². The van der Waals surface area contributed by atoms with Crippen LogP contribution in [0.4, 0.5) is 0 Å². The van der Waals surface area contributed by atoms with Gasteiger partial charge in [0.05, 0.1) is 4.90 Å². The van der Waals surface area contributed by atoms with Crippen molar-refractivity contribution >= 4 is 21.8 Å². The number of guanidine groups is 1. The molecule has 1 rings (SSSR count). The van der Waals surface area contributed by atoms with Crippen LogP contribution in [0.25, 0.3) is 0 Å². The van der Waals surface area contributed by atoms with Crippen LogP contribution in [0.2, 0.25) is 0 Å². The minimum atomic E-state index is -3.23. The van der Waals surface area contributed by atoms with Gasteiger partial charge in [-0.1, -0.05) is 12.1 Å². The lowest BCUT2D eigenvalue weighted by atomic mass is 10.1. The Morgan fingerprint density at radius 3 is 2.36 bits per heavy atom. The van der Waals surface area contributed by atoms with E-state index < -0.39 is 15.4 Å². The number of aryl methyl sites for hydroxylation is 1. The van der Waals surface area contributed by atoms with Gasteiger partial charge in [0.15, 0.2) is 15.8 Å². The summed E-state index contributed by atoms with van der Waals surface area (Å²) in [5, 5.41) is 5.95. The number of hydrogen-bond acceptors (Lipinski definition) is 5. The minimum Gasteiger partial charge on any atom is -0.459 e. The largest absolute Gasteiger partial charge is 0.459 e. The Kier molecular flexibility index (Phi) is 6.98. The van der Waals surface area contributed by atoms with Crippen molar-refractivity contribution in [3.05, 3.63) is 29.3 Å². The number of rotatable bonds is 5. The van der Waals surface area contributed by atoms with E-state index in [4.69, 9.17) is 4.74 Å². The quantitative estimate of drug-likeness (QED) is 0.463. The van der Waals surface area contributed by atoms with Gasteiger partial charge in [-0.15, -0.1) is 0 Å². The minimum absolute atomic E-state index is 0.00296. The molecule has 0 unspecified atom stereocenters. The average Bonchev–Trinajstić information content (AvgIpc) is 2.44. The van der Waals surface area contributed by atoms with E-state index in [-0.39, 0.29) is 12.5 Å². The number of esters is 1. The van der Waals surface area contributed by atoms with Gasteiger partial charge in [0, 0.05) is 19.8 Å². The molecule has 0 radical (unpaired) electrons. The van der Waals surface area contributed by atoms with E-state index in [9.17, 15) is 13.2 Å². The smallest absolute Gasteiger partial charge is 0.325 e. The average molecular weight is 369 g/mol. The summed E-state index contributed by atoms with van der Waals surface area (Å²) in [6.07, 6.45) is 1.19. The number of aliphatic imine (C=N–C) groups is 1. The lowest BCUT2D eigenvalue weighted by Crippen LogP contribution is -2.41. The van der Waals surface area contributed by atoms with Gasteiger partial charge in [0.25, 0.3) is 0 Å². The van der Waals surface area contributed by atoms with Crippen LogP contribution in [0, 0.1) is 6.92 Å². The van der Waals surface area contributed by atoms with Crippen LogP contribution in [0.15, 0.2) is 28.1 Å². The highest BCUT2D eigenvalue weighted by Crippen LogP contribution is 2.16. The highest BCUT2D eigenvalue weighted by molar-refractivity contribution is 7.90. The molecule has 1 aromatic rings. The number of benzene rings is 1. The Labute approximate surface area is 149 Å². The van der Waals surface area contributed by atoms with Gasteiger partial charge in [0.2, 0.25) is 0 Å². The van der Waals surface area contributed by atoms with Gasteiger partial charge < -0.3 is 15.4 Å². The van der Waals surface area contributed by atoms with Crippen LogP contribution in [-0.2, 0) is 25.9 Å². The van der Waals surface area contributed by atoms with Crippen molar-refractivity contribution in [2.24, 2.45) is 4.99 Å². The van der Waals surface area contributed by atoms with E-state index >= 15 is 0 Å². The normalized spacial score (nSPS) is 12.6. The Hall–Kier alpha value is -2.09. The molecule has 7 nitrogen and oxygen atoms in total. The fourth-order valence-corrected chi connectivity index (χ4v) is 3.14. The number of nitrogens with zero attached hydrogens (tertiary/aromatic N) is 1. The van der Waals surface area contributed by atoms with E-state index in [2.05, 4.69) is 15.6 Å². The molecule has 0 saturated heterocycles. The molecule has 0 aliphatic heterocycles. The van der Waals surface area contributed by atoms with Crippen LogP contribution in [-0.4, -0.2) is 45.8 Å². The first-order valence-electron chi connectivity index (χ1n) is 7.88. The molecule has 0 aliphatic rings. The number of ether oxygens (including phenoxy) is 1. The Morgan fingerprint density at radius 1 is 1.24 bits per heavy atom. The molecule has 0 heterocycles. The molecule has 0 saturated carbocycles. The van der Waals surface area contributed by atoms with Crippen LogP contribution in [0.3, 0.4) is 0 Å². The Morgan fingerprint density at radius 2 is 1.88 bits per heavy atom. The zero-order chi connectivity index (χ0) is 19.3. The van der Waals surface area contributed by atoms with Crippen molar-refractivity contribution in [3.8, 4) is 0 Å². The molecule has 8 heteroatoms. The van der Waals surface area contributed by atoms with Gasteiger partial charge in [-0.2, -0.15) is 0 Å². The summed E-state index contributed by atoms with van der Waals surface area (Å²) in [4.78, 5) is 16.1. The summed E-state index contributed by atoms with van der Waals surface area (Å²) >= 11 is 0. The van der Waals surface area contributed by atoms with Gasteiger partial charge in [-0.3, -0.25) is 9.79 Å². The maximum absolute atomic E-state index is 11.7. The second-order valence-corrected chi connectivity index (χ2v) is 8.72. The number of carbonyl (C=O) groups excluding carboxylic acids is 1. The molecule has 0 fully saturated rings. The molecule has 0 aromatic heterocycles. The van der Waals surface area contributed by atoms with Crippen molar-refractivity contribution < 1.29 is 17.9 Å². The molecule has 0 amide bonds. The summed E-state index contributed by atoms with van der Waals surface area (Å²) in [6.45, 7) is 7.62. The van der Waals surface area contributed by atoms with Crippen LogP contribution < -0.4 is 10.6 Å². The maximum atomic E-state index is 11.7. The van der Waals surface area contributed by atoms with Gasteiger partial charge in [0.1, 0.15) is 12.1 Å². The van der Waals surface area contributed by atoms with Gasteiger partial charge in [-0.25, -0.2) is 8.42 Å². The summed E-state index contributed by atoms with van der Waals surface area (Å²) in [7, 11) is -1.63. The lowest BCUT2D eigenvalue weighted by Gasteiger charge is -2.20. The predicted octanol–water partition coefficient (Wildman–Crippen LogP) is 1.41. The number of carbonyl (C=O) groups is 1. The Bertz CT molecular complexity index is 750. The topological polar surface area (TPSA) is 96.9 Å². The SMILES string of the molecule is CN=C(NCC(=O)OC(C)(C)C)NCc1ccc(S(C)(=O)=O)c(C)c1. The molecule has 0 aliphatic carbocycles. The zero-order valence-corrected chi connectivity index (χ0v) is 16.5. The molecule has 2 N–H and O–H groups in total. The highest BCUT2D eigenvalue weighted by Gasteiger charge is 2.16. The van der Waals surface area contributed by atoms with Crippen molar-refractivity contribution in [3.63, 3.8) is 0 Å². The molecule has 25 heavy (non-hydrogen) atoms. The number of sulfone groups is 1. The molecule has 1 aromatic carbocycles. The molecule has 0 spiro atoms. The molecule has 0 bridgehead atoms. The van der Waals surface area contributed by atoms with Crippen molar-refractivity contribution in [1.29, 1.82) is 0 Å². The van der Waals surface area contributed by atoms with Crippen molar-refractivity contribution in [2.75, 3.05) is 19.8 Å². The summed E-state index contributed by atoms with van der Waals surface area (Å²) in [5.41, 5.74) is 1.07. The van der Waals surface area contributed by atoms with Gasteiger partial charge in [-0.05, 0) is 44.9 Å². The fourth-order valence-electron chi connectivity index (χ4n) is 2.18. The third-order valence-corrected chi connectivity index (χ3v) is 4.40. The summed E-state index contributed by atoms with van der Waals surface area (Å²) < 4.78 is 28.5. The van der Waals surface area contributed by atoms with Crippen LogP contribution in [0.5, 0.6) is 0 Å². The first kappa shape index (κ1) is 21.0. The third-order valence-electron chi connectivity index (χ3n) is 3.14. The monoisotopic (exact) mass is 369 g/mol. The zero-order valence-electron chi connectivity index (χ0n) is 15.6. The van der Waals surface area contributed by atoms with E-state index in [1.807, 2.05) is 6.07 Å². The van der Waals surface area contributed by atoms with Gasteiger partial charge >= 0.3 is 5.97 Å². The van der Waals surface area contributed by atoms with E-state index in [1.54, 1.807) is 46.9 Å². The standard InChI is InChI=1S/C17H27N3O4S/c1-12-9-13(7-8-14(12)25(6,22)23)10-19-16(18-5)20-11-15(21)24-17(2,3)4/h7-9H,10-11H2,1-6H3,(H2,18,19,20). The molecule has 140 valence electrons. The predicted molar refractivity (Wildman–Crippen MR) is 98.3 cm³/mol. The molecule has 0 atom stereocenters. The highest BCUT2D eigenvalue weighted by atomic mass is 32.2. The lowest BCUT2D eigenvalue weighted by molar-refractivity contribution is -0.153. The fraction of sp³-hybridized carbons (Fsp3) is 0.529. The number of hydrogen-bond donors (Lipinski definition) is 2. The van der Waals surface area contributed by atoms with E-state index in [1.165, 1.54) is 6.26 Å². The third kappa shape index (κ3) is 7.55. The molecular weight excluding hydrogens is 342 g/mol. The summed E-state index contributed by atoms with van der Waals surface area (Å²) in [5.74, 6) is 0.0829. The first-order valence-corrected chi connectivity index (χ1v) is 9.77. The maximum Gasteiger partial charge on any atom is 0.325 e. The summed E-state index contributed by atoms with van der Waals surface area (Å²) in [6, 6.07) is 5.15. The molecular formula is C17H27N3O4S. The number of nitrogens with one attached hydrogen (secondary N) is 2. The van der Waals surface area contributed by atoms with E-state index in [0.717, 1.165) is 5.56 Å². The van der Waals surface area contributed by atoms with Crippen molar-refractivity contribution in [1.82, 2.24) is 10.6 Å². The van der Waals surface area contributed by atoms with Crippen LogP contribution >= 0.6 is 0 Å².